The van der Waals surface area contributed by atoms with Crippen molar-refractivity contribution in [3.8, 4) is 11.6 Å². The molecule has 0 bridgehead atoms. The molecule has 2 aliphatic heterocycles. The van der Waals surface area contributed by atoms with Crippen LogP contribution in [0.15, 0.2) is 42.6 Å². The number of fused-ring (bicyclic) bond motifs is 2. The van der Waals surface area contributed by atoms with Crippen molar-refractivity contribution in [2.24, 2.45) is 0 Å². The van der Waals surface area contributed by atoms with E-state index in [1.165, 1.54) is 4.90 Å². The van der Waals surface area contributed by atoms with Crippen LogP contribution >= 0.6 is 0 Å². The number of hydrogen-bond acceptors (Lipinski definition) is 6. The highest BCUT2D eigenvalue weighted by Crippen LogP contribution is 2.37. The molecule has 0 aliphatic carbocycles. The van der Waals surface area contributed by atoms with Crippen LogP contribution in [-0.4, -0.2) is 67.6 Å². The molecule has 1 N–H and O–H groups in total. The van der Waals surface area contributed by atoms with Gasteiger partial charge in [0.25, 0.3) is 5.91 Å². The van der Waals surface area contributed by atoms with Gasteiger partial charge in [0.05, 0.1) is 18.9 Å². The zero-order valence-electron chi connectivity index (χ0n) is 15.5. The van der Waals surface area contributed by atoms with Crippen LogP contribution in [0.4, 0.5) is 5.69 Å². The van der Waals surface area contributed by atoms with Crippen molar-refractivity contribution < 1.29 is 19.1 Å². The Balaban J connectivity index is 1.46. The molecule has 3 heterocycles. The number of pyridine rings is 1. The number of ether oxygens (including phenoxy) is 2. The Kier molecular flexibility index (Phi) is 5.50. The molecule has 1 saturated heterocycles. The van der Waals surface area contributed by atoms with E-state index >= 15 is 0 Å². The topological polar surface area (TPSA) is 84.0 Å². The summed E-state index contributed by atoms with van der Waals surface area (Å²) in [6, 6.07) is 10.5. The lowest BCUT2D eigenvalue weighted by Gasteiger charge is -2.26. The lowest BCUT2D eigenvalue weighted by atomic mass is 10.2. The highest BCUT2D eigenvalue weighted by Gasteiger charge is 2.30. The smallest absolute Gasteiger partial charge is 0.264 e. The van der Waals surface area contributed by atoms with Gasteiger partial charge in [-0.15, -0.1) is 0 Å². The number of hydrogen-bond donors (Lipinski definition) is 1. The molecule has 1 aromatic carbocycles. The van der Waals surface area contributed by atoms with Gasteiger partial charge < -0.3 is 14.8 Å². The minimum atomic E-state index is -0.309. The van der Waals surface area contributed by atoms with E-state index in [2.05, 4.69) is 15.2 Å². The largest absolute Gasteiger partial charge is 0.436 e. The van der Waals surface area contributed by atoms with Gasteiger partial charge in [-0.25, -0.2) is 4.98 Å². The zero-order valence-corrected chi connectivity index (χ0v) is 15.5. The number of para-hydroxylation sites is 2. The quantitative estimate of drug-likeness (QED) is 0.839. The SMILES string of the molecule is O=C(CN1C(=O)c2cccnc2Oc2ccccc21)NCCN1CCOCC1. The van der Waals surface area contributed by atoms with E-state index in [1.54, 1.807) is 30.5 Å². The molecule has 8 nitrogen and oxygen atoms in total. The summed E-state index contributed by atoms with van der Waals surface area (Å²) in [4.78, 5) is 33.4. The minimum Gasteiger partial charge on any atom is -0.436 e. The fourth-order valence-corrected chi connectivity index (χ4v) is 3.30. The first kappa shape index (κ1) is 18.4. The molecule has 4 rings (SSSR count). The Morgan fingerprint density at radius 1 is 1.14 bits per heavy atom. The molecule has 0 atom stereocenters. The van der Waals surface area contributed by atoms with Crippen LogP contribution in [0.1, 0.15) is 10.4 Å². The van der Waals surface area contributed by atoms with Crippen LogP contribution in [0.2, 0.25) is 0 Å². The Bertz CT molecular complexity index is 867. The van der Waals surface area contributed by atoms with E-state index < -0.39 is 0 Å². The molecule has 2 aromatic rings. The summed E-state index contributed by atoms with van der Waals surface area (Å²) < 4.78 is 11.1. The number of anilines is 1. The molecule has 0 radical (unpaired) electrons. The van der Waals surface area contributed by atoms with Gasteiger partial charge in [-0.1, -0.05) is 12.1 Å². The Morgan fingerprint density at radius 3 is 2.82 bits per heavy atom. The molecule has 0 saturated carbocycles. The molecule has 8 heteroatoms. The first-order valence-electron chi connectivity index (χ1n) is 9.33. The van der Waals surface area contributed by atoms with E-state index in [1.807, 2.05) is 12.1 Å². The van der Waals surface area contributed by atoms with Crippen molar-refractivity contribution in [2.45, 2.75) is 0 Å². The van der Waals surface area contributed by atoms with E-state index in [-0.39, 0.29) is 24.2 Å². The highest BCUT2D eigenvalue weighted by molar-refractivity contribution is 6.11. The third-order valence-electron chi connectivity index (χ3n) is 4.77. The van der Waals surface area contributed by atoms with Crippen LogP contribution in [0.25, 0.3) is 0 Å². The van der Waals surface area contributed by atoms with Crippen LogP contribution in [0.3, 0.4) is 0 Å². The summed E-state index contributed by atoms with van der Waals surface area (Å²) >= 11 is 0. The Morgan fingerprint density at radius 2 is 1.96 bits per heavy atom. The van der Waals surface area contributed by atoms with Gasteiger partial charge in [-0.2, -0.15) is 0 Å². The van der Waals surface area contributed by atoms with E-state index in [4.69, 9.17) is 9.47 Å². The van der Waals surface area contributed by atoms with Gasteiger partial charge in [0, 0.05) is 32.4 Å². The normalized spacial score (nSPS) is 16.6. The molecule has 2 amide bonds. The van der Waals surface area contributed by atoms with E-state index in [0.717, 1.165) is 32.8 Å². The molecule has 1 fully saturated rings. The number of morpholine rings is 1. The maximum atomic E-state index is 13.1. The maximum Gasteiger partial charge on any atom is 0.264 e. The van der Waals surface area contributed by atoms with Gasteiger partial charge in [0.2, 0.25) is 11.8 Å². The van der Waals surface area contributed by atoms with Gasteiger partial charge >= 0.3 is 0 Å². The fourth-order valence-electron chi connectivity index (χ4n) is 3.30. The average molecular weight is 382 g/mol. The van der Waals surface area contributed by atoms with Gasteiger partial charge in [0.15, 0.2) is 5.75 Å². The summed E-state index contributed by atoms with van der Waals surface area (Å²) in [7, 11) is 0. The fraction of sp³-hybridized carbons (Fsp3) is 0.350. The zero-order chi connectivity index (χ0) is 19.3. The number of rotatable bonds is 5. The Labute approximate surface area is 163 Å². The van der Waals surface area contributed by atoms with Crippen molar-refractivity contribution in [1.82, 2.24) is 15.2 Å². The summed E-state index contributed by atoms with van der Waals surface area (Å²) in [6.45, 7) is 4.38. The third-order valence-corrected chi connectivity index (χ3v) is 4.77. The summed E-state index contributed by atoms with van der Waals surface area (Å²) in [5.41, 5.74) is 0.883. The van der Waals surface area contributed by atoms with Gasteiger partial charge in [-0.3, -0.25) is 19.4 Å². The van der Waals surface area contributed by atoms with Crippen molar-refractivity contribution >= 4 is 17.5 Å². The van der Waals surface area contributed by atoms with E-state index in [9.17, 15) is 9.59 Å². The van der Waals surface area contributed by atoms with Crippen molar-refractivity contribution in [3.05, 3.63) is 48.2 Å². The minimum absolute atomic E-state index is 0.0867. The standard InChI is InChI=1S/C20H22N4O4/c25-18(21-8-9-23-10-12-27-13-11-23)14-24-16-5-1-2-6-17(16)28-19-15(20(24)26)4-3-7-22-19/h1-7H,8-14H2,(H,21,25). The first-order valence-corrected chi connectivity index (χ1v) is 9.33. The van der Waals surface area contributed by atoms with Crippen LogP contribution in [-0.2, 0) is 9.53 Å². The predicted molar refractivity (Wildman–Crippen MR) is 103 cm³/mol. The summed E-state index contributed by atoms with van der Waals surface area (Å²) in [6.07, 6.45) is 1.57. The monoisotopic (exact) mass is 382 g/mol. The molecule has 146 valence electrons. The molecular formula is C20H22N4O4. The lowest BCUT2D eigenvalue weighted by Crippen LogP contribution is -2.44. The number of amides is 2. The number of aromatic nitrogens is 1. The number of carbonyl (C=O) groups is 2. The van der Waals surface area contributed by atoms with Crippen molar-refractivity contribution in [1.29, 1.82) is 0 Å². The molecule has 1 aromatic heterocycles. The average Bonchev–Trinajstić information content (AvgIpc) is 2.84. The third kappa shape index (κ3) is 3.97. The second-order valence-electron chi connectivity index (χ2n) is 6.62. The second-order valence-corrected chi connectivity index (χ2v) is 6.62. The lowest BCUT2D eigenvalue weighted by molar-refractivity contribution is -0.119. The highest BCUT2D eigenvalue weighted by atomic mass is 16.5. The van der Waals surface area contributed by atoms with Gasteiger partial charge in [0.1, 0.15) is 12.1 Å². The molecule has 0 unspecified atom stereocenters. The Hall–Kier alpha value is -2.97. The van der Waals surface area contributed by atoms with E-state index in [0.29, 0.717) is 23.5 Å². The maximum absolute atomic E-state index is 13.1. The van der Waals surface area contributed by atoms with Crippen molar-refractivity contribution in [3.63, 3.8) is 0 Å². The van der Waals surface area contributed by atoms with Crippen LogP contribution < -0.4 is 15.0 Å². The number of benzene rings is 1. The number of carbonyl (C=O) groups excluding carboxylic acids is 2. The van der Waals surface area contributed by atoms with Gasteiger partial charge in [-0.05, 0) is 24.3 Å². The summed E-state index contributed by atoms with van der Waals surface area (Å²) in [5.74, 6) is 0.213. The molecular weight excluding hydrogens is 360 g/mol. The van der Waals surface area contributed by atoms with Crippen molar-refractivity contribution in [2.75, 3.05) is 50.8 Å². The number of nitrogens with zero attached hydrogens (tertiary/aromatic N) is 3. The predicted octanol–water partition coefficient (Wildman–Crippen LogP) is 1.28. The molecule has 2 aliphatic rings. The van der Waals surface area contributed by atoms with Crippen LogP contribution in [0, 0.1) is 0 Å². The number of nitrogens with one attached hydrogen (secondary N) is 1. The van der Waals surface area contributed by atoms with Crippen LogP contribution in [0.5, 0.6) is 11.6 Å². The first-order chi connectivity index (χ1) is 13.7. The summed E-state index contributed by atoms with van der Waals surface area (Å²) in [5, 5.41) is 2.90. The molecule has 0 spiro atoms. The molecule has 28 heavy (non-hydrogen) atoms. The second kappa shape index (κ2) is 8.37.